The molecule has 0 bridgehead atoms. The maximum Gasteiger partial charge on any atom is 0.155 e. The molecule has 1 aliphatic heterocycles. The smallest absolute Gasteiger partial charge is 0.155 e. The highest BCUT2D eigenvalue weighted by molar-refractivity contribution is 5.86. The first kappa shape index (κ1) is 16.0. The molecule has 0 saturated carbocycles. The van der Waals surface area contributed by atoms with E-state index in [2.05, 4.69) is 14.9 Å². The Kier molecular flexibility index (Phi) is 4.35. The van der Waals surface area contributed by atoms with E-state index in [1.54, 1.807) is 12.5 Å². The highest BCUT2D eigenvalue weighted by atomic mass is 16.5. The average Bonchev–Trinajstić information content (AvgIpc) is 3.12. The number of nitrogens with zero attached hydrogens (tertiary/aromatic N) is 4. The second-order valence-electron chi connectivity index (χ2n) is 6.12. The molecule has 0 radical (unpaired) electrons. The van der Waals surface area contributed by atoms with Crippen LogP contribution < -0.4 is 4.90 Å². The number of hydrogen-bond donors (Lipinski definition) is 2. The zero-order valence-corrected chi connectivity index (χ0v) is 13.7. The molecule has 0 amide bonds. The zero-order chi connectivity index (χ0) is 17.2. The first-order chi connectivity index (χ1) is 12.3. The van der Waals surface area contributed by atoms with Gasteiger partial charge in [-0.05, 0) is 0 Å². The zero-order valence-electron chi connectivity index (χ0n) is 13.7. The van der Waals surface area contributed by atoms with Crippen molar-refractivity contribution in [2.75, 3.05) is 31.2 Å². The molecule has 2 atom stereocenters. The van der Waals surface area contributed by atoms with E-state index in [1.165, 1.54) is 0 Å². The SMILES string of the molecule is OC[C@@H]1CN(c2nccn3cnc(-c4ccccc4)c23)C[C@@H](CO)O1. The first-order valence-corrected chi connectivity index (χ1v) is 8.29. The summed E-state index contributed by atoms with van der Waals surface area (Å²) in [5.41, 5.74) is 2.78. The van der Waals surface area contributed by atoms with Crippen molar-refractivity contribution in [3.63, 3.8) is 0 Å². The number of aromatic nitrogens is 3. The number of rotatable bonds is 4. The summed E-state index contributed by atoms with van der Waals surface area (Å²) in [6, 6.07) is 9.97. The van der Waals surface area contributed by atoms with Crippen molar-refractivity contribution < 1.29 is 14.9 Å². The second-order valence-corrected chi connectivity index (χ2v) is 6.12. The minimum absolute atomic E-state index is 0.0963. The summed E-state index contributed by atoms with van der Waals surface area (Å²) in [6.45, 7) is 0.833. The van der Waals surface area contributed by atoms with Crippen molar-refractivity contribution >= 4 is 11.3 Å². The Hall–Kier alpha value is -2.48. The summed E-state index contributed by atoms with van der Waals surface area (Å²) in [5, 5.41) is 19.0. The van der Waals surface area contributed by atoms with Gasteiger partial charge in [-0.3, -0.25) is 0 Å². The number of benzene rings is 1. The monoisotopic (exact) mass is 340 g/mol. The van der Waals surface area contributed by atoms with Gasteiger partial charge in [-0.15, -0.1) is 0 Å². The normalized spacial score (nSPS) is 21.0. The fourth-order valence-corrected chi connectivity index (χ4v) is 3.27. The topological polar surface area (TPSA) is 83.1 Å². The number of morpholine rings is 1. The molecule has 3 aromatic rings. The Balaban J connectivity index is 1.80. The van der Waals surface area contributed by atoms with Crippen LogP contribution in [0.15, 0.2) is 49.1 Å². The molecule has 7 heteroatoms. The largest absolute Gasteiger partial charge is 0.394 e. The molecule has 0 unspecified atom stereocenters. The van der Waals surface area contributed by atoms with Gasteiger partial charge < -0.3 is 24.3 Å². The summed E-state index contributed by atoms with van der Waals surface area (Å²) in [4.78, 5) is 11.2. The van der Waals surface area contributed by atoms with Crippen LogP contribution in [0.3, 0.4) is 0 Å². The molecule has 1 saturated heterocycles. The Morgan fingerprint density at radius 1 is 1.04 bits per heavy atom. The van der Waals surface area contributed by atoms with Crippen LogP contribution in [0, 0.1) is 0 Å². The van der Waals surface area contributed by atoms with E-state index >= 15 is 0 Å². The predicted octanol–water partition coefficient (Wildman–Crippen LogP) is 0.955. The quantitative estimate of drug-likeness (QED) is 0.736. The molecule has 130 valence electrons. The summed E-state index contributed by atoms with van der Waals surface area (Å²) in [6.07, 6.45) is 4.67. The van der Waals surface area contributed by atoms with Crippen LogP contribution in [0.1, 0.15) is 0 Å². The van der Waals surface area contributed by atoms with Gasteiger partial charge in [-0.2, -0.15) is 0 Å². The number of hydrogen-bond acceptors (Lipinski definition) is 6. The van der Waals surface area contributed by atoms with Crippen LogP contribution in [0.5, 0.6) is 0 Å². The van der Waals surface area contributed by atoms with Gasteiger partial charge in [-0.1, -0.05) is 30.3 Å². The summed E-state index contributed by atoms with van der Waals surface area (Å²) < 4.78 is 7.60. The van der Waals surface area contributed by atoms with E-state index in [0.717, 1.165) is 22.6 Å². The Bertz CT molecular complexity index is 840. The van der Waals surface area contributed by atoms with Crippen LogP contribution >= 0.6 is 0 Å². The maximum atomic E-state index is 9.50. The summed E-state index contributed by atoms with van der Waals surface area (Å²) in [7, 11) is 0. The fraction of sp³-hybridized carbons (Fsp3) is 0.333. The number of fused-ring (bicyclic) bond motifs is 1. The van der Waals surface area contributed by atoms with Gasteiger partial charge in [-0.25, -0.2) is 9.97 Å². The van der Waals surface area contributed by atoms with Crippen molar-refractivity contribution in [1.82, 2.24) is 14.4 Å². The number of anilines is 1. The lowest BCUT2D eigenvalue weighted by atomic mass is 10.1. The molecular weight excluding hydrogens is 320 g/mol. The van der Waals surface area contributed by atoms with Crippen molar-refractivity contribution in [2.24, 2.45) is 0 Å². The van der Waals surface area contributed by atoms with Gasteiger partial charge in [0.15, 0.2) is 5.82 Å². The van der Waals surface area contributed by atoms with Gasteiger partial charge in [0.05, 0.1) is 31.1 Å². The third-order valence-corrected chi connectivity index (χ3v) is 4.42. The highest BCUT2D eigenvalue weighted by Crippen LogP contribution is 2.30. The number of aliphatic hydroxyl groups is 2. The first-order valence-electron chi connectivity index (χ1n) is 8.29. The van der Waals surface area contributed by atoms with Gasteiger partial charge >= 0.3 is 0 Å². The lowest BCUT2D eigenvalue weighted by Gasteiger charge is -2.37. The van der Waals surface area contributed by atoms with Crippen LogP contribution in [-0.4, -0.2) is 63.1 Å². The van der Waals surface area contributed by atoms with E-state index in [9.17, 15) is 10.2 Å². The standard InChI is InChI=1S/C18H20N4O3/c23-10-14-8-22(9-15(11-24)25-14)18-17-16(13-4-2-1-3-5-13)20-12-21(17)7-6-19-18/h1-7,12,14-15,23-24H,8-11H2/t14-,15-/m0/s1. The summed E-state index contributed by atoms with van der Waals surface area (Å²) >= 11 is 0. The van der Waals surface area contributed by atoms with Crippen LogP contribution in [0.25, 0.3) is 16.8 Å². The van der Waals surface area contributed by atoms with Crippen molar-refractivity contribution in [2.45, 2.75) is 12.2 Å². The predicted molar refractivity (Wildman–Crippen MR) is 93.5 cm³/mol. The number of aliphatic hydroxyl groups excluding tert-OH is 2. The minimum atomic E-state index is -0.351. The molecule has 1 fully saturated rings. The molecule has 1 aliphatic rings. The molecule has 0 spiro atoms. The third kappa shape index (κ3) is 2.97. The molecule has 2 aromatic heterocycles. The van der Waals surface area contributed by atoms with Crippen molar-refractivity contribution in [3.05, 3.63) is 49.1 Å². The fourth-order valence-electron chi connectivity index (χ4n) is 3.27. The molecule has 2 N–H and O–H groups in total. The highest BCUT2D eigenvalue weighted by Gasteiger charge is 2.29. The molecule has 25 heavy (non-hydrogen) atoms. The van der Waals surface area contributed by atoms with Gasteiger partial charge in [0.25, 0.3) is 0 Å². The average molecular weight is 340 g/mol. The Morgan fingerprint density at radius 2 is 1.76 bits per heavy atom. The van der Waals surface area contributed by atoms with E-state index in [-0.39, 0.29) is 25.4 Å². The van der Waals surface area contributed by atoms with Gasteiger partial charge in [0, 0.05) is 31.0 Å². The number of imidazole rings is 1. The van der Waals surface area contributed by atoms with Crippen LogP contribution in [-0.2, 0) is 4.74 Å². The maximum absolute atomic E-state index is 9.50. The lowest BCUT2D eigenvalue weighted by Crippen LogP contribution is -2.50. The lowest BCUT2D eigenvalue weighted by molar-refractivity contribution is -0.0700. The van der Waals surface area contributed by atoms with E-state index < -0.39 is 0 Å². The molecule has 4 rings (SSSR count). The Labute approximate surface area is 145 Å². The number of ether oxygens (including phenoxy) is 1. The third-order valence-electron chi connectivity index (χ3n) is 4.42. The van der Waals surface area contributed by atoms with Crippen molar-refractivity contribution in [1.29, 1.82) is 0 Å². The van der Waals surface area contributed by atoms with E-state index in [0.29, 0.717) is 13.1 Å². The minimum Gasteiger partial charge on any atom is -0.394 e. The Morgan fingerprint density at radius 3 is 2.44 bits per heavy atom. The molecule has 1 aromatic carbocycles. The van der Waals surface area contributed by atoms with Crippen molar-refractivity contribution in [3.8, 4) is 11.3 Å². The molecular formula is C18H20N4O3. The van der Waals surface area contributed by atoms with E-state index in [1.807, 2.05) is 40.9 Å². The van der Waals surface area contributed by atoms with Crippen LogP contribution in [0.2, 0.25) is 0 Å². The van der Waals surface area contributed by atoms with E-state index in [4.69, 9.17) is 4.74 Å². The van der Waals surface area contributed by atoms with Gasteiger partial charge in [0.1, 0.15) is 11.8 Å². The molecule has 0 aliphatic carbocycles. The van der Waals surface area contributed by atoms with Gasteiger partial charge in [0.2, 0.25) is 0 Å². The second kappa shape index (κ2) is 6.79. The summed E-state index contributed by atoms with van der Waals surface area (Å²) in [5.74, 6) is 0.777. The molecule has 7 nitrogen and oxygen atoms in total. The van der Waals surface area contributed by atoms with Crippen LogP contribution in [0.4, 0.5) is 5.82 Å². The molecule has 3 heterocycles.